The first-order valence-corrected chi connectivity index (χ1v) is 5.81. The molecule has 0 saturated heterocycles. The van der Waals surface area contributed by atoms with Crippen molar-refractivity contribution in [1.82, 2.24) is 0 Å². The minimum absolute atomic E-state index is 0.377. The summed E-state index contributed by atoms with van der Waals surface area (Å²) in [5.74, 6) is 0. The van der Waals surface area contributed by atoms with Crippen LogP contribution in [-0.4, -0.2) is 12.7 Å². The molecule has 13 heavy (non-hydrogen) atoms. The Balaban J connectivity index is 1.96. The summed E-state index contributed by atoms with van der Waals surface area (Å²) in [6, 6.07) is 4.32. The number of thiophene rings is 1. The van der Waals surface area contributed by atoms with Gasteiger partial charge >= 0.3 is 0 Å². The lowest BCUT2D eigenvalue weighted by Crippen LogP contribution is -2.03. The van der Waals surface area contributed by atoms with Crippen LogP contribution in [0.1, 0.15) is 31.6 Å². The average molecular weight is 198 g/mol. The summed E-state index contributed by atoms with van der Waals surface area (Å²) in [4.78, 5) is 1.49. The fourth-order valence-electron chi connectivity index (χ4n) is 1.18. The second kappa shape index (κ2) is 6.17. The molecule has 0 fully saturated rings. The van der Waals surface area contributed by atoms with Crippen molar-refractivity contribution in [2.24, 2.45) is 0 Å². The zero-order chi connectivity index (χ0) is 9.52. The van der Waals surface area contributed by atoms with Gasteiger partial charge in [0, 0.05) is 11.5 Å². The van der Waals surface area contributed by atoms with E-state index in [4.69, 9.17) is 4.74 Å². The number of hydrogen-bond donors (Lipinski definition) is 0. The Bertz CT molecular complexity index is 204. The molecule has 1 aromatic rings. The molecule has 0 saturated carbocycles. The largest absolute Gasteiger partial charge is 0.379 e. The number of aryl methyl sites for hydroxylation is 1. The molecule has 0 aliphatic heterocycles. The summed E-state index contributed by atoms with van der Waals surface area (Å²) < 4.78 is 5.46. The molecule has 0 spiro atoms. The van der Waals surface area contributed by atoms with Crippen molar-refractivity contribution in [2.45, 2.75) is 39.2 Å². The number of rotatable bonds is 6. The fraction of sp³-hybridized carbons (Fsp3) is 0.636. The number of unbranched alkanes of at least 4 members (excludes halogenated alkanes) is 1. The Morgan fingerprint density at radius 2 is 2.23 bits per heavy atom. The predicted molar refractivity (Wildman–Crippen MR) is 58.3 cm³/mol. The van der Waals surface area contributed by atoms with E-state index in [2.05, 4.69) is 31.4 Å². The smallest absolute Gasteiger partial charge is 0.0518 e. The Hall–Kier alpha value is -0.340. The lowest BCUT2D eigenvalue weighted by molar-refractivity contribution is 0.0761. The van der Waals surface area contributed by atoms with Crippen molar-refractivity contribution in [2.75, 3.05) is 6.61 Å². The van der Waals surface area contributed by atoms with Crippen molar-refractivity contribution in [3.8, 4) is 0 Å². The molecule has 0 bridgehead atoms. The van der Waals surface area contributed by atoms with Crippen LogP contribution in [0.3, 0.4) is 0 Å². The Labute approximate surface area is 84.7 Å². The number of ether oxygens (including phenoxy) is 1. The maximum Gasteiger partial charge on any atom is 0.0518 e. The van der Waals surface area contributed by atoms with Gasteiger partial charge in [0.05, 0.1) is 6.10 Å². The minimum Gasteiger partial charge on any atom is -0.379 e. The van der Waals surface area contributed by atoms with E-state index in [1.165, 1.54) is 24.1 Å². The highest BCUT2D eigenvalue weighted by Gasteiger charge is 1.95. The Morgan fingerprint density at radius 3 is 2.85 bits per heavy atom. The van der Waals surface area contributed by atoms with Crippen LogP contribution < -0.4 is 0 Å². The molecule has 1 aromatic heterocycles. The highest BCUT2D eigenvalue weighted by molar-refractivity contribution is 7.09. The first-order valence-electron chi connectivity index (χ1n) is 4.93. The van der Waals surface area contributed by atoms with Gasteiger partial charge in [0.2, 0.25) is 0 Å². The summed E-state index contributed by atoms with van der Waals surface area (Å²) in [7, 11) is 0. The van der Waals surface area contributed by atoms with Gasteiger partial charge in [-0.05, 0) is 44.6 Å². The lowest BCUT2D eigenvalue weighted by Gasteiger charge is -2.06. The van der Waals surface area contributed by atoms with Gasteiger partial charge in [-0.2, -0.15) is 0 Å². The van der Waals surface area contributed by atoms with Crippen molar-refractivity contribution >= 4 is 11.3 Å². The average Bonchev–Trinajstić information content (AvgIpc) is 2.55. The Morgan fingerprint density at radius 1 is 1.38 bits per heavy atom. The molecule has 2 heteroatoms. The van der Waals surface area contributed by atoms with Crippen LogP contribution in [0.25, 0.3) is 0 Å². The van der Waals surface area contributed by atoms with E-state index in [0.717, 1.165) is 6.61 Å². The van der Waals surface area contributed by atoms with Gasteiger partial charge in [-0.15, -0.1) is 11.3 Å². The molecule has 0 unspecified atom stereocenters. The van der Waals surface area contributed by atoms with Crippen LogP contribution >= 0.6 is 11.3 Å². The van der Waals surface area contributed by atoms with Crippen molar-refractivity contribution in [1.29, 1.82) is 0 Å². The van der Waals surface area contributed by atoms with Crippen LogP contribution in [0.5, 0.6) is 0 Å². The van der Waals surface area contributed by atoms with Crippen LogP contribution in [0.4, 0.5) is 0 Å². The van der Waals surface area contributed by atoms with E-state index in [1.54, 1.807) is 0 Å². The molecule has 0 aliphatic rings. The van der Waals surface area contributed by atoms with Gasteiger partial charge < -0.3 is 4.74 Å². The molecular weight excluding hydrogens is 180 g/mol. The summed E-state index contributed by atoms with van der Waals surface area (Å²) in [6.07, 6.45) is 4.00. The standard InChI is InChI=1S/C11H18OS/c1-10(2)12-8-4-3-6-11-7-5-9-13-11/h5,7,9-10H,3-4,6,8H2,1-2H3. The van der Waals surface area contributed by atoms with E-state index < -0.39 is 0 Å². The molecule has 0 aromatic carbocycles. The van der Waals surface area contributed by atoms with Gasteiger partial charge in [0.15, 0.2) is 0 Å². The van der Waals surface area contributed by atoms with Crippen LogP contribution in [0.2, 0.25) is 0 Å². The molecule has 1 rings (SSSR count). The summed E-state index contributed by atoms with van der Waals surface area (Å²) >= 11 is 1.85. The van der Waals surface area contributed by atoms with Gasteiger partial charge in [-0.1, -0.05) is 6.07 Å². The van der Waals surface area contributed by atoms with E-state index in [0.29, 0.717) is 6.10 Å². The third kappa shape index (κ3) is 5.06. The van der Waals surface area contributed by atoms with E-state index in [-0.39, 0.29) is 0 Å². The second-order valence-corrected chi connectivity index (χ2v) is 4.49. The maximum atomic E-state index is 5.46. The quantitative estimate of drug-likeness (QED) is 0.636. The minimum atomic E-state index is 0.377. The summed E-state index contributed by atoms with van der Waals surface area (Å²) in [6.45, 7) is 5.07. The van der Waals surface area contributed by atoms with Crippen molar-refractivity contribution in [3.63, 3.8) is 0 Å². The van der Waals surface area contributed by atoms with Crippen LogP contribution in [0, 0.1) is 0 Å². The van der Waals surface area contributed by atoms with Crippen molar-refractivity contribution < 1.29 is 4.74 Å². The summed E-state index contributed by atoms with van der Waals surface area (Å²) in [5.41, 5.74) is 0. The highest BCUT2D eigenvalue weighted by Crippen LogP contribution is 2.11. The first-order chi connectivity index (χ1) is 6.29. The topological polar surface area (TPSA) is 9.23 Å². The molecule has 74 valence electrons. The number of hydrogen-bond acceptors (Lipinski definition) is 2. The molecule has 0 amide bonds. The molecular formula is C11H18OS. The second-order valence-electron chi connectivity index (χ2n) is 3.46. The predicted octanol–water partition coefficient (Wildman–Crippen LogP) is 3.50. The SMILES string of the molecule is CC(C)OCCCCc1cccs1. The van der Waals surface area contributed by atoms with Crippen molar-refractivity contribution in [3.05, 3.63) is 22.4 Å². The molecule has 0 atom stereocenters. The van der Waals surface area contributed by atoms with Gasteiger partial charge in [0.25, 0.3) is 0 Å². The van der Waals surface area contributed by atoms with Gasteiger partial charge in [-0.3, -0.25) is 0 Å². The molecule has 0 N–H and O–H groups in total. The van der Waals surface area contributed by atoms with Crippen LogP contribution in [0.15, 0.2) is 17.5 Å². The molecule has 1 nitrogen and oxygen atoms in total. The zero-order valence-electron chi connectivity index (χ0n) is 8.45. The Kier molecular flexibility index (Phi) is 5.09. The van der Waals surface area contributed by atoms with Gasteiger partial charge in [0.1, 0.15) is 0 Å². The molecule has 0 radical (unpaired) electrons. The third-order valence-electron chi connectivity index (χ3n) is 1.85. The normalized spacial score (nSPS) is 11.0. The lowest BCUT2D eigenvalue weighted by atomic mass is 10.2. The fourth-order valence-corrected chi connectivity index (χ4v) is 1.93. The molecule has 0 aliphatic carbocycles. The first kappa shape index (κ1) is 10.7. The van der Waals surface area contributed by atoms with E-state index >= 15 is 0 Å². The van der Waals surface area contributed by atoms with Gasteiger partial charge in [-0.25, -0.2) is 0 Å². The molecule has 1 heterocycles. The zero-order valence-corrected chi connectivity index (χ0v) is 9.27. The monoisotopic (exact) mass is 198 g/mol. The van der Waals surface area contributed by atoms with E-state index in [1.807, 2.05) is 11.3 Å². The third-order valence-corrected chi connectivity index (χ3v) is 2.78. The van der Waals surface area contributed by atoms with E-state index in [9.17, 15) is 0 Å². The summed E-state index contributed by atoms with van der Waals surface area (Å²) in [5, 5.41) is 2.14. The maximum absolute atomic E-state index is 5.46. The van der Waals surface area contributed by atoms with Crippen LogP contribution in [-0.2, 0) is 11.2 Å². The highest BCUT2D eigenvalue weighted by atomic mass is 32.1.